The Balaban J connectivity index is 3.68. The Morgan fingerprint density at radius 1 is 1.10 bits per heavy atom. The lowest BCUT2D eigenvalue weighted by Crippen LogP contribution is -2.54. The molecule has 0 aromatic carbocycles. The van der Waals surface area contributed by atoms with Crippen LogP contribution in [0.1, 0.15) is 32.1 Å². The van der Waals surface area contributed by atoms with Crippen LogP contribution in [0.5, 0.6) is 0 Å². The molecule has 20 heavy (non-hydrogen) atoms. The minimum absolute atomic E-state index is 0.283. The predicted molar refractivity (Wildman–Crippen MR) is 75.9 cm³/mol. The molecular formula is C14H28NO5+. The fourth-order valence-electron chi connectivity index (χ4n) is 1.86. The first-order valence-electron chi connectivity index (χ1n) is 7.07. The third-order valence-electron chi connectivity index (χ3n) is 3.23. The van der Waals surface area contributed by atoms with Gasteiger partial charge in [-0.1, -0.05) is 18.9 Å². The van der Waals surface area contributed by atoms with Crippen molar-refractivity contribution in [1.29, 1.82) is 0 Å². The molecule has 0 rings (SSSR count). The van der Waals surface area contributed by atoms with E-state index < -0.39 is 19.4 Å². The smallest absolute Gasteiger partial charge is 0.359 e. The van der Waals surface area contributed by atoms with Gasteiger partial charge in [-0.05, 0) is 19.3 Å². The van der Waals surface area contributed by atoms with Gasteiger partial charge in [-0.15, -0.1) is 6.58 Å². The van der Waals surface area contributed by atoms with Crippen molar-refractivity contribution >= 4 is 5.97 Å². The Morgan fingerprint density at radius 2 is 1.75 bits per heavy atom. The summed E-state index contributed by atoms with van der Waals surface area (Å²) in [6.45, 7) is 3.79. The first kappa shape index (κ1) is 19.1. The van der Waals surface area contributed by atoms with E-state index in [-0.39, 0.29) is 17.6 Å². The second-order valence-electron chi connectivity index (χ2n) is 5.00. The number of aliphatic carboxylic acids is 1. The van der Waals surface area contributed by atoms with E-state index in [1.165, 1.54) is 0 Å². The van der Waals surface area contributed by atoms with Gasteiger partial charge in [0.15, 0.2) is 20.0 Å². The third kappa shape index (κ3) is 9.03. The Morgan fingerprint density at radius 3 is 2.30 bits per heavy atom. The first-order chi connectivity index (χ1) is 9.60. The van der Waals surface area contributed by atoms with Gasteiger partial charge < -0.3 is 20.1 Å². The topological polar surface area (TPSA) is 87.0 Å². The third-order valence-corrected chi connectivity index (χ3v) is 3.23. The summed E-state index contributed by atoms with van der Waals surface area (Å²) in [6, 6.07) is 0. The van der Waals surface area contributed by atoms with Crippen LogP contribution in [0.3, 0.4) is 0 Å². The van der Waals surface area contributed by atoms with Crippen LogP contribution >= 0.6 is 0 Å². The normalized spacial score (nSPS) is 11.5. The van der Waals surface area contributed by atoms with Crippen molar-refractivity contribution < 1.29 is 29.3 Å². The van der Waals surface area contributed by atoms with Crippen LogP contribution in [0.15, 0.2) is 12.7 Å². The molecule has 0 aliphatic heterocycles. The van der Waals surface area contributed by atoms with E-state index in [0.29, 0.717) is 13.2 Å². The number of quaternary nitrogens is 1. The van der Waals surface area contributed by atoms with Gasteiger partial charge in [0.05, 0.1) is 6.61 Å². The van der Waals surface area contributed by atoms with Crippen LogP contribution in [0.2, 0.25) is 0 Å². The standard InChI is InChI=1S/C14H27NO5/c1-2-3-4-5-6-7-9-20-10-8-15(12-16,13-17)11-14(18)19/h2,16-17H,1,3-13H2/p+1. The van der Waals surface area contributed by atoms with E-state index in [9.17, 15) is 15.0 Å². The fourth-order valence-corrected chi connectivity index (χ4v) is 1.86. The highest BCUT2D eigenvalue weighted by atomic mass is 16.5. The van der Waals surface area contributed by atoms with Crippen molar-refractivity contribution in [2.45, 2.75) is 32.1 Å². The maximum Gasteiger partial charge on any atom is 0.359 e. The number of carbonyl (C=O) groups is 1. The minimum atomic E-state index is -1.05. The van der Waals surface area contributed by atoms with Gasteiger partial charge in [0.1, 0.15) is 6.54 Å². The lowest BCUT2D eigenvalue weighted by atomic mass is 10.1. The number of hydrogen-bond acceptors (Lipinski definition) is 4. The number of unbranched alkanes of at least 4 members (excludes halogenated alkanes) is 4. The number of carboxylic acid groups (broad SMARTS) is 1. The highest BCUT2D eigenvalue weighted by Crippen LogP contribution is 2.05. The van der Waals surface area contributed by atoms with Crippen molar-refractivity contribution in [1.82, 2.24) is 0 Å². The molecule has 0 bridgehead atoms. The number of nitrogens with zero attached hydrogens (tertiary/aromatic N) is 1. The zero-order chi connectivity index (χ0) is 15.3. The quantitative estimate of drug-likeness (QED) is 0.192. The Labute approximate surface area is 120 Å². The summed E-state index contributed by atoms with van der Waals surface area (Å²) in [4.78, 5) is 10.7. The van der Waals surface area contributed by atoms with E-state index in [1.54, 1.807) is 0 Å². The Hall–Kier alpha value is -0.950. The molecule has 0 saturated heterocycles. The van der Waals surface area contributed by atoms with E-state index in [2.05, 4.69) is 6.58 Å². The summed E-state index contributed by atoms with van der Waals surface area (Å²) in [5.74, 6) is -1.05. The van der Waals surface area contributed by atoms with Gasteiger partial charge in [0.2, 0.25) is 0 Å². The molecular weight excluding hydrogens is 262 g/mol. The molecule has 0 atom stereocenters. The summed E-state index contributed by atoms with van der Waals surface area (Å²) in [7, 11) is 0. The summed E-state index contributed by atoms with van der Waals surface area (Å²) in [6.07, 6.45) is 7.33. The molecule has 0 aromatic heterocycles. The number of allylic oxidation sites excluding steroid dienone is 1. The van der Waals surface area contributed by atoms with Gasteiger partial charge in [0.25, 0.3) is 0 Å². The second-order valence-corrected chi connectivity index (χ2v) is 5.00. The molecule has 0 saturated carbocycles. The maximum atomic E-state index is 10.7. The molecule has 6 heteroatoms. The molecule has 0 spiro atoms. The maximum absolute atomic E-state index is 10.7. The van der Waals surface area contributed by atoms with Crippen molar-refractivity contribution in [2.24, 2.45) is 0 Å². The van der Waals surface area contributed by atoms with Gasteiger partial charge in [-0.2, -0.15) is 0 Å². The molecule has 0 unspecified atom stereocenters. The monoisotopic (exact) mass is 290 g/mol. The molecule has 0 radical (unpaired) electrons. The van der Waals surface area contributed by atoms with Crippen LogP contribution in [0, 0.1) is 0 Å². The van der Waals surface area contributed by atoms with Crippen LogP contribution in [0.4, 0.5) is 0 Å². The number of aliphatic hydroxyl groups excluding tert-OH is 2. The van der Waals surface area contributed by atoms with E-state index >= 15 is 0 Å². The number of hydrogen-bond donors (Lipinski definition) is 3. The summed E-state index contributed by atoms with van der Waals surface area (Å²) in [5.41, 5.74) is 0. The number of carboxylic acids is 1. The summed E-state index contributed by atoms with van der Waals surface area (Å²) < 4.78 is 5.15. The molecule has 3 N–H and O–H groups in total. The molecule has 118 valence electrons. The largest absolute Gasteiger partial charge is 0.477 e. The molecule has 0 fully saturated rings. The highest BCUT2D eigenvalue weighted by Gasteiger charge is 2.28. The average Bonchev–Trinajstić information content (AvgIpc) is 2.44. The minimum Gasteiger partial charge on any atom is -0.477 e. The van der Waals surface area contributed by atoms with E-state index in [0.717, 1.165) is 32.1 Å². The van der Waals surface area contributed by atoms with Crippen LogP contribution in [0.25, 0.3) is 0 Å². The van der Waals surface area contributed by atoms with Crippen molar-refractivity contribution in [3.05, 3.63) is 12.7 Å². The molecule has 0 aromatic rings. The zero-order valence-corrected chi connectivity index (χ0v) is 12.2. The first-order valence-corrected chi connectivity index (χ1v) is 7.07. The Bertz CT molecular complexity index is 266. The van der Waals surface area contributed by atoms with Crippen LogP contribution < -0.4 is 0 Å². The number of ether oxygens (including phenoxy) is 1. The zero-order valence-electron chi connectivity index (χ0n) is 12.2. The van der Waals surface area contributed by atoms with Gasteiger partial charge in [0, 0.05) is 6.61 Å². The molecule has 0 aliphatic rings. The van der Waals surface area contributed by atoms with Gasteiger partial charge >= 0.3 is 5.97 Å². The van der Waals surface area contributed by atoms with Crippen molar-refractivity contribution in [3.8, 4) is 0 Å². The van der Waals surface area contributed by atoms with Gasteiger partial charge in [-0.3, -0.25) is 4.48 Å². The Kier molecular flexibility index (Phi) is 11.3. The van der Waals surface area contributed by atoms with E-state index in [1.807, 2.05) is 6.08 Å². The molecule has 6 nitrogen and oxygen atoms in total. The predicted octanol–water partition coefficient (Wildman–Crippen LogP) is 0.940. The molecule has 0 heterocycles. The lowest BCUT2D eigenvalue weighted by molar-refractivity contribution is -0.955. The van der Waals surface area contributed by atoms with E-state index in [4.69, 9.17) is 9.84 Å². The summed E-state index contributed by atoms with van der Waals surface area (Å²) in [5, 5.41) is 27.2. The lowest BCUT2D eigenvalue weighted by Gasteiger charge is -2.32. The average molecular weight is 290 g/mol. The summed E-state index contributed by atoms with van der Waals surface area (Å²) >= 11 is 0. The van der Waals surface area contributed by atoms with Crippen LogP contribution in [-0.2, 0) is 9.53 Å². The molecule has 0 aliphatic carbocycles. The number of aliphatic hydroxyl groups is 2. The second kappa shape index (κ2) is 11.8. The van der Waals surface area contributed by atoms with Crippen LogP contribution in [-0.4, -0.2) is 65.5 Å². The highest BCUT2D eigenvalue weighted by molar-refractivity contribution is 5.67. The van der Waals surface area contributed by atoms with Crippen molar-refractivity contribution in [3.63, 3.8) is 0 Å². The van der Waals surface area contributed by atoms with Crippen molar-refractivity contribution in [2.75, 3.05) is 39.8 Å². The number of rotatable bonds is 14. The SMILES string of the molecule is C=CCCCCCCOCC[N+](CO)(CO)CC(=O)O. The fraction of sp³-hybridized carbons (Fsp3) is 0.786. The molecule has 0 amide bonds. The van der Waals surface area contributed by atoms with Gasteiger partial charge in [-0.25, -0.2) is 4.79 Å².